The van der Waals surface area contributed by atoms with E-state index >= 15 is 0 Å². The van der Waals surface area contributed by atoms with E-state index in [1.54, 1.807) is 0 Å². The molecule has 0 saturated carbocycles. The summed E-state index contributed by atoms with van der Waals surface area (Å²) >= 11 is 0. The monoisotopic (exact) mass is 636 g/mol. The summed E-state index contributed by atoms with van der Waals surface area (Å²) in [7, 11) is 0. The third-order valence-corrected chi connectivity index (χ3v) is 9.62. The maximum atomic E-state index is 15.0. The summed E-state index contributed by atoms with van der Waals surface area (Å²) in [4.78, 5) is 26.3. The van der Waals surface area contributed by atoms with Gasteiger partial charge in [-0.05, 0) is 37.5 Å². The van der Waals surface area contributed by atoms with Crippen molar-refractivity contribution in [2.45, 2.75) is 169 Å². The van der Waals surface area contributed by atoms with Crippen molar-refractivity contribution in [3.63, 3.8) is 0 Å². The van der Waals surface area contributed by atoms with E-state index in [1.807, 2.05) is 26.8 Å². The van der Waals surface area contributed by atoms with Crippen molar-refractivity contribution in [2.24, 2.45) is 17.8 Å². The number of rotatable bonds is 20. The molecule has 1 N–H and O–H groups in total. The van der Waals surface area contributed by atoms with Gasteiger partial charge in [-0.25, -0.2) is 4.79 Å². The summed E-state index contributed by atoms with van der Waals surface area (Å²) in [6.45, 7) is 15.0. The van der Waals surface area contributed by atoms with Crippen LogP contribution in [0.2, 0.25) is 0 Å². The van der Waals surface area contributed by atoms with E-state index in [9.17, 15) is 19.1 Å². The van der Waals surface area contributed by atoms with Gasteiger partial charge in [-0.2, -0.15) is 4.39 Å². The molecule has 0 bridgehead atoms. The van der Waals surface area contributed by atoms with Gasteiger partial charge in [-0.1, -0.05) is 111 Å². The molecule has 0 unspecified atom stereocenters. The summed E-state index contributed by atoms with van der Waals surface area (Å²) < 4.78 is 35.7. The number of fused-ring (bicyclic) bond motifs is 1. The summed E-state index contributed by atoms with van der Waals surface area (Å²) in [5.41, 5.74) is -0.570. The molecule has 2 aliphatic rings. The zero-order valence-electron chi connectivity index (χ0n) is 29.1. The fourth-order valence-electron chi connectivity index (χ4n) is 6.98. The van der Waals surface area contributed by atoms with Crippen molar-refractivity contribution in [3.05, 3.63) is 44.5 Å². The molecule has 1 aromatic rings. The molecule has 3 heterocycles. The lowest BCUT2D eigenvalue weighted by molar-refractivity contribution is -0.227. The van der Waals surface area contributed by atoms with E-state index in [0.717, 1.165) is 64.8 Å². The number of hydrogen-bond donors (Lipinski definition) is 1. The second kappa shape index (κ2) is 17.9. The smallest absolute Gasteiger partial charge is 0.333 e. The Morgan fingerprint density at radius 2 is 1.53 bits per heavy atom. The van der Waals surface area contributed by atoms with Gasteiger partial charge in [0.2, 0.25) is 5.82 Å². The van der Waals surface area contributed by atoms with Crippen LogP contribution in [-0.2, 0) is 20.8 Å². The van der Waals surface area contributed by atoms with E-state index in [0.29, 0.717) is 18.8 Å². The Morgan fingerprint density at radius 3 is 2.11 bits per heavy atom. The van der Waals surface area contributed by atoms with Gasteiger partial charge in [0.05, 0.1) is 12.8 Å². The van der Waals surface area contributed by atoms with Crippen molar-refractivity contribution in [1.29, 1.82) is 0 Å². The molecule has 2 fully saturated rings. The van der Waals surface area contributed by atoms with Crippen molar-refractivity contribution in [2.75, 3.05) is 6.61 Å². The highest BCUT2D eigenvalue weighted by Crippen LogP contribution is 2.46. The third-order valence-electron chi connectivity index (χ3n) is 9.62. The van der Waals surface area contributed by atoms with Crippen LogP contribution in [0.5, 0.6) is 0 Å². The molecule has 9 heteroatoms. The van der Waals surface area contributed by atoms with E-state index in [1.165, 1.54) is 38.5 Å². The van der Waals surface area contributed by atoms with Gasteiger partial charge in [0, 0.05) is 19.4 Å². The lowest BCUT2D eigenvalue weighted by Gasteiger charge is -2.31. The number of hydrogen-bond acceptors (Lipinski definition) is 6. The lowest BCUT2D eigenvalue weighted by atomic mass is 9.91. The average molecular weight is 637 g/mol. The molecule has 0 spiro atoms. The minimum absolute atomic E-state index is 0.0251. The fraction of sp³-hybridized carbons (Fsp3) is 0.833. The molecule has 6 atom stereocenters. The largest absolute Gasteiger partial charge is 0.394 e. The normalized spacial score (nSPS) is 24.4. The number of halogens is 1. The first-order valence-electron chi connectivity index (χ1n) is 17.7. The van der Waals surface area contributed by atoms with Crippen molar-refractivity contribution in [3.8, 4) is 0 Å². The van der Waals surface area contributed by atoms with E-state index in [4.69, 9.17) is 14.2 Å². The Kier molecular flexibility index (Phi) is 15.0. The quantitative estimate of drug-likeness (QED) is 0.149. The van der Waals surface area contributed by atoms with Crippen LogP contribution in [-0.4, -0.2) is 44.9 Å². The molecule has 45 heavy (non-hydrogen) atoms. The number of aliphatic hydroxyl groups is 1. The van der Waals surface area contributed by atoms with Gasteiger partial charge in [-0.15, -0.1) is 0 Å². The number of allylic oxidation sites excluding steroid dienone is 2. The first kappa shape index (κ1) is 37.6. The Morgan fingerprint density at radius 1 is 0.956 bits per heavy atom. The minimum Gasteiger partial charge on any atom is -0.394 e. The molecule has 2 saturated heterocycles. The number of nitrogens with zero attached hydrogens (tertiary/aromatic N) is 2. The standard InChI is InChI=1S/C36H61FN2O6/c1-8-20-36(21-9-2)44-31-30(24-40)43-34(32(31)45-36)39-23-29(37)33(41)38(35(39)42)22-19-28(7)18-12-17-27(6)16-11-15-26(5)14-10-13-25(3)4/h19,23,25-27,30-32,34,40H,8-18,20-22,24H2,1-7H3/t26-,27-,30-,31-,32-,34-/m1/s1. The molecule has 2 aliphatic heterocycles. The van der Waals surface area contributed by atoms with Crippen LogP contribution in [0, 0.1) is 23.6 Å². The van der Waals surface area contributed by atoms with Gasteiger partial charge in [-0.3, -0.25) is 13.9 Å². The maximum Gasteiger partial charge on any atom is 0.333 e. The second-order valence-corrected chi connectivity index (χ2v) is 14.3. The summed E-state index contributed by atoms with van der Waals surface area (Å²) in [6.07, 6.45) is 13.5. The highest BCUT2D eigenvalue weighted by Gasteiger charge is 2.58. The Balaban J connectivity index is 1.59. The van der Waals surface area contributed by atoms with Gasteiger partial charge in [0.15, 0.2) is 12.0 Å². The highest BCUT2D eigenvalue weighted by atomic mass is 19.1. The Hall–Kier alpha value is -1.81. The molecule has 0 amide bonds. The first-order valence-corrected chi connectivity index (χ1v) is 17.7. The molecular weight excluding hydrogens is 575 g/mol. The minimum atomic E-state index is -1.04. The average Bonchev–Trinajstić information content (AvgIpc) is 3.50. The zero-order valence-corrected chi connectivity index (χ0v) is 29.1. The van der Waals surface area contributed by atoms with Gasteiger partial charge >= 0.3 is 5.69 Å². The Labute approximate surface area is 270 Å². The van der Waals surface area contributed by atoms with Gasteiger partial charge < -0.3 is 19.3 Å². The van der Waals surface area contributed by atoms with Crippen LogP contribution < -0.4 is 11.2 Å². The van der Waals surface area contributed by atoms with Crippen LogP contribution in [0.15, 0.2) is 27.4 Å². The number of aliphatic hydroxyl groups excluding tert-OH is 1. The fourth-order valence-corrected chi connectivity index (χ4v) is 6.98. The Bertz CT molecular complexity index is 1190. The van der Waals surface area contributed by atoms with Crippen molar-refractivity contribution < 1.29 is 23.7 Å². The number of ether oxygens (including phenoxy) is 3. The third kappa shape index (κ3) is 10.3. The topological polar surface area (TPSA) is 91.9 Å². The molecule has 0 aromatic carbocycles. The predicted molar refractivity (Wildman–Crippen MR) is 177 cm³/mol. The maximum absolute atomic E-state index is 15.0. The van der Waals surface area contributed by atoms with Crippen LogP contribution in [0.3, 0.4) is 0 Å². The highest BCUT2D eigenvalue weighted by molar-refractivity contribution is 5.03. The summed E-state index contributed by atoms with van der Waals surface area (Å²) in [5.74, 6) is 0.367. The molecule has 258 valence electrons. The molecule has 0 aliphatic carbocycles. The van der Waals surface area contributed by atoms with E-state index < -0.39 is 47.4 Å². The molecule has 3 rings (SSSR count). The summed E-state index contributed by atoms with van der Waals surface area (Å²) in [6, 6.07) is 0. The molecule has 0 radical (unpaired) electrons. The molecular formula is C36H61FN2O6. The van der Waals surface area contributed by atoms with Crippen LogP contribution in [0.4, 0.5) is 4.39 Å². The van der Waals surface area contributed by atoms with E-state index in [2.05, 4.69) is 27.7 Å². The first-order chi connectivity index (χ1) is 21.4. The zero-order chi connectivity index (χ0) is 33.1. The van der Waals surface area contributed by atoms with Crippen LogP contribution in [0.1, 0.15) is 138 Å². The number of aromatic nitrogens is 2. The van der Waals surface area contributed by atoms with Gasteiger partial charge in [0.1, 0.15) is 18.3 Å². The molecule has 1 aromatic heterocycles. The molecule has 8 nitrogen and oxygen atoms in total. The van der Waals surface area contributed by atoms with E-state index in [-0.39, 0.29) is 13.2 Å². The van der Waals surface area contributed by atoms with Crippen LogP contribution in [0.25, 0.3) is 0 Å². The summed E-state index contributed by atoms with van der Waals surface area (Å²) in [5, 5.41) is 10.0. The predicted octanol–water partition coefficient (Wildman–Crippen LogP) is 7.50. The SMILES string of the molecule is CCCC1(CCC)O[C@@H]2[C@H](O1)[C@@H](CO)O[C@H]2n1cc(F)c(=O)n(CC=C(C)CCC[C@H](C)CCC[C@H](C)CCCC(C)C)c1=O. The lowest BCUT2D eigenvalue weighted by Crippen LogP contribution is -2.44. The van der Waals surface area contributed by atoms with Crippen LogP contribution >= 0.6 is 0 Å². The van der Waals surface area contributed by atoms with Crippen molar-refractivity contribution >= 4 is 0 Å². The van der Waals surface area contributed by atoms with Crippen molar-refractivity contribution in [1.82, 2.24) is 9.13 Å². The van der Waals surface area contributed by atoms with Gasteiger partial charge in [0.25, 0.3) is 5.56 Å². The second-order valence-electron chi connectivity index (χ2n) is 14.3.